The van der Waals surface area contributed by atoms with E-state index < -0.39 is 5.82 Å². The molecule has 1 aromatic carbocycles. The van der Waals surface area contributed by atoms with Crippen LogP contribution in [0.2, 0.25) is 0 Å². The van der Waals surface area contributed by atoms with Crippen molar-refractivity contribution in [3.8, 4) is 5.75 Å². The maximum Gasteiger partial charge on any atom is 0.165 e. The van der Waals surface area contributed by atoms with E-state index in [1.165, 1.54) is 50.7 Å². The fourth-order valence-electron chi connectivity index (χ4n) is 1.99. The van der Waals surface area contributed by atoms with Gasteiger partial charge in [0.05, 0.1) is 0 Å². The maximum atomic E-state index is 13.0. The summed E-state index contributed by atoms with van der Waals surface area (Å²) in [6, 6.07) is 4.67. The molecule has 0 radical (unpaired) electrons. The Morgan fingerprint density at radius 1 is 1.00 bits per heavy atom. The summed E-state index contributed by atoms with van der Waals surface area (Å²) in [6.07, 6.45) is 9.78. The van der Waals surface area contributed by atoms with Crippen LogP contribution in [0.25, 0.3) is 0 Å². The summed E-state index contributed by atoms with van der Waals surface area (Å²) < 4.78 is 13.0. The highest BCUT2D eigenvalue weighted by molar-refractivity contribution is 5.27. The van der Waals surface area contributed by atoms with Gasteiger partial charge < -0.3 is 5.11 Å². The van der Waals surface area contributed by atoms with E-state index in [2.05, 4.69) is 6.92 Å². The van der Waals surface area contributed by atoms with Crippen LogP contribution in [0, 0.1) is 5.82 Å². The number of hydrogen-bond donors (Lipinski definition) is 1. The summed E-state index contributed by atoms with van der Waals surface area (Å²) in [4.78, 5) is 0. The molecule has 0 aromatic heterocycles. The monoisotopic (exact) mass is 238 g/mol. The molecule has 0 heterocycles. The standard InChI is InChI=1S/C15H23FO/c1-2-3-4-5-6-7-8-9-13-10-11-15(17)14(16)12-13/h10-12,17H,2-9H2,1H3. The van der Waals surface area contributed by atoms with Crippen LogP contribution in [-0.4, -0.2) is 5.11 Å². The molecule has 1 N–H and O–H groups in total. The molecule has 0 amide bonds. The van der Waals surface area contributed by atoms with Gasteiger partial charge in [-0.1, -0.05) is 51.5 Å². The van der Waals surface area contributed by atoms with Crippen LogP contribution in [-0.2, 0) is 6.42 Å². The maximum absolute atomic E-state index is 13.0. The van der Waals surface area contributed by atoms with Crippen molar-refractivity contribution in [1.82, 2.24) is 0 Å². The average Bonchev–Trinajstić information content (AvgIpc) is 2.32. The molecule has 1 rings (SSSR count). The van der Waals surface area contributed by atoms with E-state index in [1.54, 1.807) is 6.07 Å². The molecule has 0 aliphatic carbocycles. The first-order chi connectivity index (χ1) is 8.24. The molecular formula is C15H23FO. The lowest BCUT2D eigenvalue weighted by atomic mass is 10.0. The van der Waals surface area contributed by atoms with Gasteiger partial charge in [0.1, 0.15) is 0 Å². The molecule has 0 bridgehead atoms. The van der Waals surface area contributed by atoms with Gasteiger partial charge in [-0.25, -0.2) is 4.39 Å². The van der Waals surface area contributed by atoms with Crippen molar-refractivity contribution in [2.24, 2.45) is 0 Å². The molecule has 0 aliphatic heterocycles. The summed E-state index contributed by atoms with van der Waals surface area (Å²) in [7, 11) is 0. The van der Waals surface area contributed by atoms with Crippen LogP contribution in [0.5, 0.6) is 5.75 Å². The zero-order chi connectivity index (χ0) is 12.5. The lowest BCUT2D eigenvalue weighted by molar-refractivity contribution is 0.431. The molecule has 0 spiro atoms. The van der Waals surface area contributed by atoms with Gasteiger partial charge in [0.15, 0.2) is 11.6 Å². The Balaban J connectivity index is 2.11. The van der Waals surface area contributed by atoms with Crippen molar-refractivity contribution in [3.05, 3.63) is 29.6 Å². The third-order valence-corrected chi connectivity index (χ3v) is 3.08. The van der Waals surface area contributed by atoms with Crippen LogP contribution < -0.4 is 0 Å². The van der Waals surface area contributed by atoms with Gasteiger partial charge in [-0.2, -0.15) is 0 Å². The van der Waals surface area contributed by atoms with Crippen LogP contribution in [0.15, 0.2) is 18.2 Å². The number of phenols is 1. The van der Waals surface area contributed by atoms with E-state index in [1.807, 2.05) is 0 Å². The first-order valence-electron chi connectivity index (χ1n) is 6.71. The quantitative estimate of drug-likeness (QED) is 0.643. The molecule has 0 aliphatic rings. The van der Waals surface area contributed by atoms with Gasteiger partial charge >= 0.3 is 0 Å². The molecule has 17 heavy (non-hydrogen) atoms. The topological polar surface area (TPSA) is 20.2 Å². The van der Waals surface area contributed by atoms with Crippen LogP contribution >= 0.6 is 0 Å². The Bertz CT molecular complexity index is 323. The highest BCUT2D eigenvalue weighted by atomic mass is 19.1. The Morgan fingerprint density at radius 2 is 1.65 bits per heavy atom. The highest BCUT2D eigenvalue weighted by Gasteiger charge is 2.01. The minimum atomic E-state index is -0.509. The second kappa shape index (κ2) is 8.10. The molecule has 1 nitrogen and oxygen atoms in total. The summed E-state index contributed by atoms with van der Waals surface area (Å²) in [5, 5.41) is 9.06. The molecular weight excluding hydrogens is 215 g/mol. The van der Waals surface area contributed by atoms with Crippen LogP contribution in [0.3, 0.4) is 0 Å². The number of halogens is 1. The predicted molar refractivity (Wildman–Crippen MR) is 69.8 cm³/mol. The third kappa shape index (κ3) is 5.71. The van der Waals surface area contributed by atoms with Crippen LogP contribution in [0.4, 0.5) is 4.39 Å². The van der Waals surface area contributed by atoms with E-state index in [9.17, 15) is 4.39 Å². The van der Waals surface area contributed by atoms with Crippen LogP contribution in [0.1, 0.15) is 57.4 Å². The normalized spacial score (nSPS) is 10.7. The second-order valence-corrected chi connectivity index (χ2v) is 4.66. The fourth-order valence-corrected chi connectivity index (χ4v) is 1.99. The Hall–Kier alpha value is -1.05. The predicted octanol–water partition coefficient (Wildman–Crippen LogP) is 4.82. The van der Waals surface area contributed by atoms with Gasteiger partial charge in [-0.15, -0.1) is 0 Å². The number of phenolic OH excluding ortho intramolecular Hbond substituents is 1. The Kier molecular flexibility index (Phi) is 6.68. The highest BCUT2D eigenvalue weighted by Crippen LogP contribution is 2.18. The summed E-state index contributed by atoms with van der Waals surface area (Å²) in [5.41, 5.74) is 0.980. The average molecular weight is 238 g/mol. The minimum Gasteiger partial charge on any atom is -0.505 e. The van der Waals surface area contributed by atoms with E-state index in [-0.39, 0.29) is 5.75 Å². The number of unbranched alkanes of at least 4 members (excludes halogenated alkanes) is 6. The van der Waals surface area contributed by atoms with Gasteiger partial charge in [-0.3, -0.25) is 0 Å². The zero-order valence-corrected chi connectivity index (χ0v) is 10.7. The SMILES string of the molecule is CCCCCCCCCc1ccc(O)c(F)c1. The minimum absolute atomic E-state index is 0.256. The number of aromatic hydroxyl groups is 1. The number of aryl methyl sites for hydroxylation is 1. The molecule has 0 fully saturated rings. The number of rotatable bonds is 8. The summed E-state index contributed by atoms with van der Waals surface area (Å²) >= 11 is 0. The second-order valence-electron chi connectivity index (χ2n) is 4.66. The van der Waals surface area contributed by atoms with Gasteiger partial charge in [0.2, 0.25) is 0 Å². The van der Waals surface area contributed by atoms with Crippen molar-refractivity contribution >= 4 is 0 Å². The molecule has 0 saturated heterocycles. The van der Waals surface area contributed by atoms with Crippen molar-refractivity contribution in [2.75, 3.05) is 0 Å². The summed E-state index contributed by atoms with van der Waals surface area (Å²) in [5.74, 6) is -0.765. The molecule has 0 saturated carbocycles. The number of benzene rings is 1. The first-order valence-corrected chi connectivity index (χ1v) is 6.71. The lowest BCUT2D eigenvalue weighted by Crippen LogP contribution is -1.88. The van der Waals surface area contributed by atoms with Crippen molar-refractivity contribution < 1.29 is 9.50 Å². The van der Waals surface area contributed by atoms with Gasteiger partial charge in [0, 0.05) is 0 Å². The Morgan fingerprint density at radius 3 is 2.29 bits per heavy atom. The molecule has 0 atom stereocenters. The van der Waals surface area contributed by atoms with E-state index in [0.717, 1.165) is 18.4 Å². The third-order valence-electron chi connectivity index (χ3n) is 3.08. The van der Waals surface area contributed by atoms with E-state index >= 15 is 0 Å². The van der Waals surface area contributed by atoms with E-state index in [4.69, 9.17) is 5.11 Å². The van der Waals surface area contributed by atoms with Gasteiger partial charge in [0.25, 0.3) is 0 Å². The molecule has 96 valence electrons. The number of hydrogen-bond acceptors (Lipinski definition) is 1. The van der Waals surface area contributed by atoms with Gasteiger partial charge in [-0.05, 0) is 30.5 Å². The molecule has 0 unspecified atom stereocenters. The largest absolute Gasteiger partial charge is 0.505 e. The smallest absolute Gasteiger partial charge is 0.165 e. The molecule has 2 heteroatoms. The van der Waals surface area contributed by atoms with Crippen molar-refractivity contribution in [3.63, 3.8) is 0 Å². The van der Waals surface area contributed by atoms with Crippen molar-refractivity contribution in [2.45, 2.75) is 58.3 Å². The Labute approximate surface area is 104 Å². The fraction of sp³-hybridized carbons (Fsp3) is 0.600. The van der Waals surface area contributed by atoms with E-state index in [0.29, 0.717) is 0 Å². The summed E-state index contributed by atoms with van der Waals surface area (Å²) in [6.45, 7) is 2.22. The zero-order valence-electron chi connectivity index (χ0n) is 10.7. The molecule has 1 aromatic rings. The first kappa shape index (κ1) is 14.0. The lowest BCUT2D eigenvalue weighted by Gasteiger charge is -2.03. The van der Waals surface area contributed by atoms with Crippen molar-refractivity contribution in [1.29, 1.82) is 0 Å².